The molecular formula is C14H9FNO2S. The monoisotopic (exact) mass is 274 g/mol. The molecule has 2 aromatic carbocycles. The van der Waals surface area contributed by atoms with E-state index in [0.717, 1.165) is 3.97 Å². The van der Waals surface area contributed by atoms with Crippen LogP contribution in [-0.4, -0.2) is 12.4 Å². The maximum absolute atomic E-state index is 13.2. The fourth-order valence-corrected chi connectivity index (χ4v) is 3.28. The molecule has 3 aromatic rings. The first kappa shape index (κ1) is 11.9. The van der Waals surface area contributed by atoms with E-state index in [1.807, 2.05) is 0 Å². The summed E-state index contributed by atoms with van der Waals surface area (Å²) >= 11 is 0. The zero-order chi connectivity index (χ0) is 13.5. The second-order valence-electron chi connectivity index (χ2n) is 4.05. The van der Waals surface area contributed by atoms with Gasteiger partial charge < -0.3 is 0 Å². The average molecular weight is 274 g/mol. The van der Waals surface area contributed by atoms with Gasteiger partial charge in [-0.15, -0.1) is 0 Å². The summed E-state index contributed by atoms with van der Waals surface area (Å²) in [6.45, 7) is 0. The molecule has 1 heterocycles. The Balaban J connectivity index is 2.28. The third-order valence-corrected chi connectivity index (χ3v) is 4.53. The van der Waals surface area contributed by atoms with E-state index in [1.165, 1.54) is 30.5 Å². The summed E-state index contributed by atoms with van der Waals surface area (Å²) in [7, 11) is -3.71. The summed E-state index contributed by atoms with van der Waals surface area (Å²) in [6.07, 6.45) is 1.41. The van der Waals surface area contributed by atoms with Gasteiger partial charge in [0.25, 0.3) is 10.0 Å². The highest BCUT2D eigenvalue weighted by molar-refractivity contribution is 7.90. The molecule has 0 fully saturated rings. The standard InChI is InChI=1S/C14H9FNO2S/c15-12-7-6-11-8-9-16(14(11)10-12)19(17,18)13-4-2-1-3-5-13/h1-5,7-10H. The third kappa shape index (κ3) is 1.92. The highest BCUT2D eigenvalue weighted by Crippen LogP contribution is 2.22. The number of nitrogens with zero attached hydrogens (tertiary/aromatic N) is 1. The van der Waals surface area contributed by atoms with E-state index in [2.05, 4.69) is 6.07 Å². The molecule has 0 atom stereocenters. The molecule has 1 radical (unpaired) electrons. The fraction of sp³-hybridized carbons (Fsp3) is 0. The Kier molecular flexibility index (Phi) is 2.64. The van der Waals surface area contributed by atoms with Crippen LogP contribution < -0.4 is 0 Å². The van der Waals surface area contributed by atoms with Crippen molar-refractivity contribution in [2.75, 3.05) is 0 Å². The molecule has 0 saturated carbocycles. The Bertz CT molecular complexity index is 838. The van der Waals surface area contributed by atoms with Gasteiger partial charge in [-0.1, -0.05) is 18.2 Å². The minimum atomic E-state index is -3.71. The van der Waals surface area contributed by atoms with Crippen LogP contribution in [0.15, 0.2) is 59.6 Å². The minimum Gasteiger partial charge on any atom is -0.241 e. The van der Waals surface area contributed by atoms with Crippen molar-refractivity contribution >= 4 is 20.9 Å². The quantitative estimate of drug-likeness (QED) is 0.721. The second-order valence-corrected chi connectivity index (χ2v) is 5.86. The Morgan fingerprint density at radius 1 is 1.11 bits per heavy atom. The third-order valence-electron chi connectivity index (χ3n) is 2.83. The Labute approximate surface area is 110 Å². The van der Waals surface area contributed by atoms with Gasteiger partial charge in [-0.05, 0) is 36.4 Å². The molecule has 0 aliphatic rings. The highest BCUT2D eigenvalue weighted by atomic mass is 32.2. The van der Waals surface area contributed by atoms with Gasteiger partial charge in [-0.3, -0.25) is 0 Å². The maximum atomic E-state index is 13.2. The van der Waals surface area contributed by atoms with Gasteiger partial charge in [0.05, 0.1) is 10.4 Å². The first-order valence-electron chi connectivity index (χ1n) is 5.58. The van der Waals surface area contributed by atoms with Crippen LogP contribution in [0.1, 0.15) is 0 Å². The SMILES string of the molecule is O=S(=O)(c1ccccc1)n1ccc2[c]cc(F)cc21. The molecule has 0 saturated heterocycles. The molecule has 0 amide bonds. The molecule has 5 heteroatoms. The fourth-order valence-electron chi connectivity index (χ4n) is 1.92. The smallest absolute Gasteiger partial charge is 0.241 e. The van der Waals surface area contributed by atoms with Crippen LogP contribution >= 0.6 is 0 Å². The number of rotatable bonds is 2. The first-order valence-corrected chi connectivity index (χ1v) is 7.02. The van der Waals surface area contributed by atoms with Crippen molar-refractivity contribution in [3.8, 4) is 0 Å². The summed E-state index contributed by atoms with van der Waals surface area (Å²) in [5.74, 6) is -0.518. The van der Waals surface area contributed by atoms with E-state index in [4.69, 9.17) is 0 Å². The molecule has 0 N–H and O–H groups in total. The number of fused-ring (bicyclic) bond motifs is 1. The van der Waals surface area contributed by atoms with Gasteiger partial charge in [-0.2, -0.15) is 0 Å². The van der Waals surface area contributed by atoms with Crippen LogP contribution in [-0.2, 0) is 10.0 Å². The Morgan fingerprint density at radius 2 is 1.84 bits per heavy atom. The van der Waals surface area contributed by atoms with Crippen LogP contribution in [0, 0.1) is 11.9 Å². The van der Waals surface area contributed by atoms with Crippen LogP contribution in [0.2, 0.25) is 0 Å². The highest BCUT2D eigenvalue weighted by Gasteiger charge is 2.18. The van der Waals surface area contributed by atoms with Gasteiger partial charge in [0, 0.05) is 11.6 Å². The summed E-state index contributed by atoms with van der Waals surface area (Å²) in [6, 6.07) is 14.7. The maximum Gasteiger partial charge on any atom is 0.268 e. The normalized spacial score (nSPS) is 11.8. The van der Waals surface area contributed by atoms with E-state index < -0.39 is 15.8 Å². The van der Waals surface area contributed by atoms with Crippen LogP contribution in [0.5, 0.6) is 0 Å². The number of hydrogen-bond donors (Lipinski definition) is 0. The van der Waals surface area contributed by atoms with Gasteiger partial charge in [0.1, 0.15) is 5.82 Å². The lowest BCUT2D eigenvalue weighted by Gasteiger charge is -2.07. The average Bonchev–Trinajstić information content (AvgIpc) is 2.83. The lowest BCUT2D eigenvalue weighted by atomic mass is 10.2. The number of halogens is 1. The topological polar surface area (TPSA) is 39.1 Å². The molecule has 0 aliphatic heterocycles. The van der Waals surface area contributed by atoms with Crippen LogP contribution in [0.3, 0.4) is 0 Å². The summed E-state index contributed by atoms with van der Waals surface area (Å²) < 4.78 is 39.2. The van der Waals surface area contributed by atoms with Gasteiger partial charge in [0.2, 0.25) is 0 Å². The van der Waals surface area contributed by atoms with E-state index in [1.54, 1.807) is 24.3 Å². The zero-order valence-electron chi connectivity index (χ0n) is 9.75. The van der Waals surface area contributed by atoms with Gasteiger partial charge in [-0.25, -0.2) is 16.8 Å². The molecular weight excluding hydrogens is 265 g/mol. The molecule has 95 valence electrons. The van der Waals surface area contributed by atoms with Crippen molar-refractivity contribution in [3.63, 3.8) is 0 Å². The molecule has 19 heavy (non-hydrogen) atoms. The summed E-state index contributed by atoms with van der Waals surface area (Å²) in [5, 5.41) is 0.556. The van der Waals surface area contributed by atoms with Crippen LogP contribution in [0.25, 0.3) is 10.9 Å². The van der Waals surface area contributed by atoms with Gasteiger partial charge >= 0.3 is 0 Å². The molecule has 3 nitrogen and oxygen atoms in total. The number of aromatic nitrogens is 1. The minimum absolute atomic E-state index is 0.164. The summed E-state index contributed by atoms with van der Waals surface area (Å²) in [5.41, 5.74) is 0.281. The molecule has 0 unspecified atom stereocenters. The second kappa shape index (κ2) is 4.20. The Hall–Kier alpha value is -2.14. The molecule has 1 aromatic heterocycles. The van der Waals surface area contributed by atoms with Crippen molar-refractivity contribution in [2.24, 2.45) is 0 Å². The van der Waals surface area contributed by atoms with E-state index >= 15 is 0 Å². The van der Waals surface area contributed by atoms with E-state index in [-0.39, 0.29) is 10.4 Å². The molecule has 0 bridgehead atoms. The number of benzene rings is 2. The predicted molar refractivity (Wildman–Crippen MR) is 69.8 cm³/mol. The number of hydrogen-bond acceptors (Lipinski definition) is 2. The predicted octanol–water partition coefficient (Wildman–Crippen LogP) is 2.82. The van der Waals surface area contributed by atoms with Crippen molar-refractivity contribution in [3.05, 3.63) is 66.6 Å². The molecule has 3 rings (SSSR count). The van der Waals surface area contributed by atoms with Crippen molar-refractivity contribution < 1.29 is 12.8 Å². The van der Waals surface area contributed by atoms with Crippen molar-refractivity contribution in [2.45, 2.75) is 4.90 Å². The van der Waals surface area contributed by atoms with Gasteiger partial charge in [0.15, 0.2) is 0 Å². The zero-order valence-corrected chi connectivity index (χ0v) is 10.6. The summed E-state index contributed by atoms with van der Waals surface area (Å²) in [4.78, 5) is 0.164. The van der Waals surface area contributed by atoms with Crippen molar-refractivity contribution in [1.82, 2.24) is 3.97 Å². The van der Waals surface area contributed by atoms with E-state index in [0.29, 0.717) is 5.39 Å². The first-order chi connectivity index (χ1) is 9.09. The Morgan fingerprint density at radius 3 is 2.58 bits per heavy atom. The van der Waals surface area contributed by atoms with Crippen LogP contribution in [0.4, 0.5) is 4.39 Å². The molecule has 0 aliphatic carbocycles. The van der Waals surface area contributed by atoms with Crippen molar-refractivity contribution in [1.29, 1.82) is 0 Å². The largest absolute Gasteiger partial charge is 0.268 e. The lowest BCUT2D eigenvalue weighted by molar-refractivity contribution is 0.589. The lowest BCUT2D eigenvalue weighted by Crippen LogP contribution is -2.11. The molecule has 0 spiro atoms. The van der Waals surface area contributed by atoms with E-state index in [9.17, 15) is 12.8 Å².